The largest absolute Gasteiger partial charge is 0.368 e. The third-order valence-electron chi connectivity index (χ3n) is 2.55. The summed E-state index contributed by atoms with van der Waals surface area (Å²) in [5.74, 6) is 0.0580. The van der Waals surface area contributed by atoms with Crippen LogP contribution < -0.4 is 5.73 Å². The highest BCUT2D eigenvalue weighted by Gasteiger charge is 2.12. The Morgan fingerprint density at radius 1 is 1.20 bits per heavy atom. The molecule has 1 aromatic carbocycles. The molecule has 0 fully saturated rings. The summed E-state index contributed by atoms with van der Waals surface area (Å²) < 4.78 is 14.9. The number of anilines is 1. The Hall–Kier alpha value is -2.54. The molecule has 2 N–H and O–H groups in total. The predicted octanol–water partition coefficient (Wildman–Crippen LogP) is 2.10. The van der Waals surface area contributed by atoms with Crippen molar-refractivity contribution in [1.29, 1.82) is 0 Å². The molecule has 0 atom stereocenters. The van der Waals surface area contributed by atoms with Crippen LogP contribution in [0.3, 0.4) is 0 Å². The molecule has 0 aliphatic rings. The van der Waals surface area contributed by atoms with Crippen molar-refractivity contribution in [1.82, 2.24) is 24.5 Å². The number of nitrogens with zero attached hydrogens (tertiary/aromatic N) is 5. The van der Waals surface area contributed by atoms with Crippen molar-refractivity contribution in [3.8, 4) is 17.3 Å². The summed E-state index contributed by atoms with van der Waals surface area (Å²) in [6.45, 7) is 0. The first-order chi connectivity index (χ1) is 9.63. The summed E-state index contributed by atoms with van der Waals surface area (Å²) in [5.41, 5.74) is 6.01. The second kappa shape index (κ2) is 4.86. The van der Waals surface area contributed by atoms with E-state index in [1.807, 2.05) is 0 Å². The highest BCUT2D eigenvalue weighted by molar-refractivity contribution is 6.33. The summed E-state index contributed by atoms with van der Waals surface area (Å²) in [6.07, 6.45) is 4.76. The van der Waals surface area contributed by atoms with E-state index in [9.17, 15) is 4.39 Å². The second-order valence-electron chi connectivity index (χ2n) is 3.91. The maximum atomic E-state index is 13.3. The van der Waals surface area contributed by atoms with E-state index in [0.29, 0.717) is 10.6 Å². The maximum Gasteiger partial charge on any atom is 0.240 e. The molecule has 3 rings (SSSR count). The third kappa shape index (κ3) is 2.30. The van der Waals surface area contributed by atoms with Crippen molar-refractivity contribution in [2.75, 3.05) is 5.73 Å². The lowest BCUT2D eigenvalue weighted by molar-refractivity contribution is 0.628. The molecule has 0 saturated heterocycles. The van der Waals surface area contributed by atoms with Gasteiger partial charge in [0.1, 0.15) is 12.1 Å². The molecule has 8 heteroatoms. The Labute approximate surface area is 118 Å². The molecule has 6 nitrogen and oxygen atoms in total. The van der Waals surface area contributed by atoms with Gasteiger partial charge in [0.05, 0.1) is 5.02 Å². The molecule has 0 amide bonds. The molecule has 3 aromatic rings. The zero-order chi connectivity index (χ0) is 14.1. The molecule has 0 saturated carbocycles. The first-order valence-electron chi connectivity index (χ1n) is 5.59. The summed E-state index contributed by atoms with van der Waals surface area (Å²) in [5, 5.41) is 0.327. The fraction of sp³-hybridized carbons (Fsp3) is 0. The van der Waals surface area contributed by atoms with Gasteiger partial charge < -0.3 is 5.73 Å². The monoisotopic (exact) mass is 290 g/mol. The van der Waals surface area contributed by atoms with Gasteiger partial charge in [-0.15, -0.1) is 0 Å². The summed E-state index contributed by atoms with van der Waals surface area (Å²) in [7, 11) is 0. The van der Waals surface area contributed by atoms with Crippen molar-refractivity contribution < 1.29 is 4.39 Å². The van der Waals surface area contributed by atoms with Crippen molar-refractivity contribution in [2.45, 2.75) is 0 Å². The summed E-state index contributed by atoms with van der Waals surface area (Å²) >= 11 is 6.03. The van der Waals surface area contributed by atoms with E-state index in [2.05, 4.69) is 19.9 Å². The van der Waals surface area contributed by atoms with E-state index < -0.39 is 5.82 Å². The van der Waals surface area contributed by atoms with Gasteiger partial charge in [0.15, 0.2) is 5.82 Å². The fourth-order valence-corrected chi connectivity index (χ4v) is 1.86. The maximum absolute atomic E-state index is 13.3. The molecule has 20 heavy (non-hydrogen) atoms. The lowest BCUT2D eigenvalue weighted by Crippen LogP contribution is -2.06. The molecule has 100 valence electrons. The molecule has 0 spiro atoms. The number of imidazole rings is 1. The number of rotatable bonds is 2. The minimum atomic E-state index is -0.437. The standard InChI is InChI=1S/C12H8ClFN6/c13-9-2-1-7(14)5-8(9)10-17-11(15)19-12(18-10)20-4-3-16-6-20/h1-6H,(H2,15,17,18,19). The number of hydrogen-bond acceptors (Lipinski definition) is 5. The molecule has 0 unspecified atom stereocenters. The first-order valence-corrected chi connectivity index (χ1v) is 5.96. The average Bonchev–Trinajstić information content (AvgIpc) is 2.95. The first kappa shape index (κ1) is 12.5. The van der Waals surface area contributed by atoms with Crippen LogP contribution in [-0.4, -0.2) is 24.5 Å². The molecule has 2 heterocycles. The second-order valence-corrected chi connectivity index (χ2v) is 4.32. The van der Waals surface area contributed by atoms with Crippen LogP contribution in [0.2, 0.25) is 5.02 Å². The Balaban J connectivity index is 2.17. The quantitative estimate of drug-likeness (QED) is 0.781. The Morgan fingerprint density at radius 3 is 2.80 bits per heavy atom. The van der Waals surface area contributed by atoms with Crippen LogP contribution in [0.1, 0.15) is 0 Å². The van der Waals surface area contributed by atoms with Crippen molar-refractivity contribution in [3.63, 3.8) is 0 Å². The van der Waals surface area contributed by atoms with E-state index in [4.69, 9.17) is 17.3 Å². The molecular weight excluding hydrogens is 283 g/mol. The van der Waals surface area contributed by atoms with E-state index in [-0.39, 0.29) is 17.7 Å². The smallest absolute Gasteiger partial charge is 0.240 e. The Bertz CT molecular complexity index is 759. The number of halogens is 2. The van der Waals surface area contributed by atoms with Crippen LogP contribution >= 0.6 is 11.6 Å². The van der Waals surface area contributed by atoms with Gasteiger partial charge in [-0.2, -0.15) is 15.0 Å². The Morgan fingerprint density at radius 2 is 2.05 bits per heavy atom. The van der Waals surface area contributed by atoms with Gasteiger partial charge in [0, 0.05) is 18.0 Å². The van der Waals surface area contributed by atoms with Crippen molar-refractivity contribution >= 4 is 17.5 Å². The normalized spacial score (nSPS) is 10.7. The summed E-state index contributed by atoms with van der Waals surface area (Å²) in [4.78, 5) is 16.1. The number of benzene rings is 1. The lowest BCUT2D eigenvalue weighted by Gasteiger charge is -2.06. The number of hydrogen-bond donors (Lipinski definition) is 1. The van der Waals surface area contributed by atoms with Gasteiger partial charge in [0.2, 0.25) is 11.9 Å². The number of nitrogens with two attached hydrogens (primary N) is 1. The van der Waals surface area contributed by atoms with E-state index in [1.165, 1.54) is 24.5 Å². The molecule has 2 aromatic heterocycles. The van der Waals surface area contributed by atoms with Gasteiger partial charge in [0.25, 0.3) is 0 Å². The van der Waals surface area contributed by atoms with Gasteiger partial charge >= 0.3 is 0 Å². The van der Waals surface area contributed by atoms with Crippen molar-refractivity contribution in [3.05, 3.63) is 47.8 Å². The van der Waals surface area contributed by atoms with Crippen LogP contribution in [0.15, 0.2) is 36.9 Å². The molecule has 0 bridgehead atoms. The van der Waals surface area contributed by atoms with Crippen LogP contribution in [0, 0.1) is 5.82 Å². The SMILES string of the molecule is Nc1nc(-c2cc(F)ccc2Cl)nc(-n2ccnc2)n1. The lowest BCUT2D eigenvalue weighted by atomic mass is 10.2. The number of aromatic nitrogens is 5. The minimum Gasteiger partial charge on any atom is -0.368 e. The minimum absolute atomic E-state index is 0.0130. The van der Waals surface area contributed by atoms with Gasteiger partial charge in [-0.1, -0.05) is 11.6 Å². The number of nitrogen functional groups attached to an aromatic ring is 1. The zero-order valence-corrected chi connectivity index (χ0v) is 10.8. The van der Waals surface area contributed by atoms with Gasteiger partial charge in [-0.05, 0) is 18.2 Å². The predicted molar refractivity (Wildman–Crippen MR) is 71.8 cm³/mol. The summed E-state index contributed by atoms with van der Waals surface area (Å²) in [6, 6.07) is 3.94. The van der Waals surface area contributed by atoms with Crippen molar-refractivity contribution in [2.24, 2.45) is 0 Å². The van der Waals surface area contributed by atoms with Gasteiger partial charge in [-0.25, -0.2) is 9.37 Å². The van der Waals surface area contributed by atoms with E-state index >= 15 is 0 Å². The molecule has 0 aliphatic carbocycles. The average molecular weight is 291 g/mol. The van der Waals surface area contributed by atoms with Crippen LogP contribution in [0.25, 0.3) is 17.3 Å². The zero-order valence-electron chi connectivity index (χ0n) is 10.0. The van der Waals surface area contributed by atoms with Crippen LogP contribution in [-0.2, 0) is 0 Å². The molecule has 0 radical (unpaired) electrons. The Kier molecular flexibility index (Phi) is 3.03. The fourth-order valence-electron chi connectivity index (χ4n) is 1.66. The van der Waals surface area contributed by atoms with Crippen LogP contribution in [0.5, 0.6) is 0 Å². The molecule has 0 aliphatic heterocycles. The van der Waals surface area contributed by atoms with Gasteiger partial charge in [-0.3, -0.25) is 4.57 Å². The third-order valence-corrected chi connectivity index (χ3v) is 2.88. The van der Waals surface area contributed by atoms with Crippen LogP contribution in [0.4, 0.5) is 10.3 Å². The topological polar surface area (TPSA) is 82.5 Å². The van der Waals surface area contributed by atoms with E-state index in [1.54, 1.807) is 17.0 Å². The highest BCUT2D eigenvalue weighted by atomic mass is 35.5. The molecular formula is C12H8ClFN6. The highest BCUT2D eigenvalue weighted by Crippen LogP contribution is 2.26. The van der Waals surface area contributed by atoms with E-state index in [0.717, 1.165) is 0 Å².